The summed E-state index contributed by atoms with van der Waals surface area (Å²) in [6.45, 7) is 14.8. The van der Waals surface area contributed by atoms with Crippen LogP contribution in [-0.2, 0) is 19.1 Å². The maximum Gasteiger partial charge on any atom is 0.303 e. The van der Waals surface area contributed by atoms with Gasteiger partial charge in [0.1, 0.15) is 11.7 Å². The zero-order chi connectivity index (χ0) is 25.6. The van der Waals surface area contributed by atoms with Crippen molar-refractivity contribution in [2.45, 2.75) is 131 Å². The van der Waals surface area contributed by atoms with Crippen LogP contribution >= 0.6 is 0 Å². The highest BCUT2D eigenvalue weighted by atomic mass is 16.6. The zero-order valence-electron chi connectivity index (χ0n) is 23.5. The predicted molar refractivity (Wildman–Crippen MR) is 140 cm³/mol. The van der Waals surface area contributed by atoms with Gasteiger partial charge in [0.15, 0.2) is 0 Å². The Morgan fingerprint density at radius 2 is 1.80 bits per heavy atom. The quantitative estimate of drug-likeness (QED) is 0.274. The number of carbonyl (C=O) groups is 2. The van der Waals surface area contributed by atoms with E-state index in [2.05, 4.69) is 26.8 Å². The van der Waals surface area contributed by atoms with Crippen molar-refractivity contribution in [1.29, 1.82) is 0 Å². The van der Waals surface area contributed by atoms with Crippen LogP contribution in [0.1, 0.15) is 119 Å². The van der Waals surface area contributed by atoms with E-state index in [1.807, 2.05) is 13.8 Å². The average Bonchev–Trinajstić information content (AvgIpc) is 3.10. The highest BCUT2D eigenvalue weighted by molar-refractivity contribution is 5.66. The van der Waals surface area contributed by atoms with E-state index < -0.39 is 0 Å². The molecular formula is C31H50O4. The Morgan fingerprint density at radius 3 is 2.49 bits per heavy atom. The smallest absolute Gasteiger partial charge is 0.303 e. The topological polar surface area (TPSA) is 52.6 Å². The predicted octanol–water partition coefficient (Wildman–Crippen LogP) is 7.65. The lowest BCUT2D eigenvalue weighted by Gasteiger charge is -2.58. The Morgan fingerprint density at radius 1 is 1.06 bits per heavy atom. The third kappa shape index (κ3) is 5.23. The lowest BCUT2D eigenvalue weighted by atomic mass is 9.47. The van der Waals surface area contributed by atoms with Crippen molar-refractivity contribution in [3.05, 3.63) is 11.6 Å². The zero-order valence-corrected chi connectivity index (χ0v) is 23.5. The molecule has 4 nitrogen and oxygen atoms in total. The average molecular weight is 487 g/mol. The number of ether oxygens (including phenoxy) is 2. The monoisotopic (exact) mass is 486 g/mol. The summed E-state index contributed by atoms with van der Waals surface area (Å²) in [7, 11) is 0. The molecule has 198 valence electrons. The van der Waals surface area contributed by atoms with Crippen LogP contribution in [0.3, 0.4) is 0 Å². The van der Waals surface area contributed by atoms with Crippen molar-refractivity contribution in [1.82, 2.24) is 0 Å². The maximum absolute atomic E-state index is 11.5. The van der Waals surface area contributed by atoms with Gasteiger partial charge in [0, 0.05) is 20.3 Å². The molecule has 4 heteroatoms. The van der Waals surface area contributed by atoms with E-state index in [-0.39, 0.29) is 23.6 Å². The van der Waals surface area contributed by atoms with Crippen molar-refractivity contribution in [3.63, 3.8) is 0 Å². The lowest BCUT2D eigenvalue weighted by Crippen LogP contribution is -2.51. The molecule has 3 fully saturated rings. The minimum absolute atomic E-state index is 0.0831. The second-order valence-electron chi connectivity index (χ2n) is 13.7. The van der Waals surface area contributed by atoms with E-state index in [1.54, 1.807) is 12.5 Å². The molecule has 3 saturated carbocycles. The summed E-state index contributed by atoms with van der Waals surface area (Å²) in [6.07, 6.45) is 15.8. The van der Waals surface area contributed by atoms with Gasteiger partial charge in [0.05, 0.1) is 0 Å². The van der Waals surface area contributed by atoms with Crippen LogP contribution in [0.25, 0.3) is 0 Å². The van der Waals surface area contributed by atoms with Gasteiger partial charge in [-0.05, 0) is 112 Å². The molecule has 4 aliphatic rings. The second-order valence-corrected chi connectivity index (χ2v) is 13.7. The first kappa shape index (κ1) is 26.7. The summed E-state index contributed by atoms with van der Waals surface area (Å²) >= 11 is 0. The van der Waals surface area contributed by atoms with Gasteiger partial charge in [0.2, 0.25) is 0 Å². The molecule has 4 aliphatic carbocycles. The second kappa shape index (κ2) is 9.86. The molecule has 0 aromatic carbocycles. The molecule has 0 spiro atoms. The number of fused-ring (bicyclic) bond motifs is 5. The van der Waals surface area contributed by atoms with Crippen molar-refractivity contribution < 1.29 is 19.1 Å². The summed E-state index contributed by atoms with van der Waals surface area (Å²) in [5.74, 6) is 3.66. The van der Waals surface area contributed by atoms with Gasteiger partial charge < -0.3 is 9.47 Å². The molecule has 0 amide bonds. The van der Waals surface area contributed by atoms with Gasteiger partial charge in [-0.1, -0.05) is 38.8 Å². The van der Waals surface area contributed by atoms with Crippen LogP contribution in [-0.4, -0.2) is 23.6 Å². The number of rotatable bonds is 7. The minimum atomic E-state index is -0.359. The van der Waals surface area contributed by atoms with Crippen LogP contribution in [0.5, 0.6) is 0 Å². The standard InChI is InChI=1S/C31H50O4/c1-20(9-8-16-29(4,5)35-22(3)33)26-12-13-27-25-11-10-23-19-24(34-21(2)32)14-17-30(23,6)28(25)15-18-31(26,27)7/h10,20,24-28H,8-9,11-19H2,1-7H3/t20-,24?,25?,26-,27?,28?,30+,31-/m1/s1. The van der Waals surface area contributed by atoms with Crippen molar-refractivity contribution >= 4 is 11.9 Å². The fourth-order valence-corrected chi connectivity index (χ4v) is 9.43. The van der Waals surface area contributed by atoms with Crippen LogP contribution in [0.15, 0.2) is 11.6 Å². The van der Waals surface area contributed by atoms with Gasteiger partial charge in [-0.3, -0.25) is 9.59 Å². The van der Waals surface area contributed by atoms with Gasteiger partial charge >= 0.3 is 11.9 Å². The molecule has 35 heavy (non-hydrogen) atoms. The van der Waals surface area contributed by atoms with Gasteiger partial charge in [0.25, 0.3) is 0 Å². The molecule has 4 unspecified atom stereocenters. The summed E-state index contributed by atoms with van der Waals surface area (Å²) in [6, 6.07) is 0. The number of hydrogen-bond donors (Lipinski definition) is 0. The Balaban J connectivity index is 1.40. The fraction of sp³-hybridized carbons (Fsp3) is 0.871. The van der Waals surface area contributed by atoms with E-state index in [0.717, 1.165) is 55.3 Å². The molecule has 0 aromatic heterocycles. The third-order valence-corrected chi connectivity index (χ3v) is 11.0. The molecule has 0 aliphatic heterocycles. The maximum atomic E-state index is 11.5. The molecule has 0 bridgehead atoms. The Bertz CT molecular complexity index is 843. The molecule has 0 radical (unpaired) electrons. The van der Waals surface area contributed by atoms with Crippen LogP contribution < -0.4 is 0 Å². The Kier molecular flexibility index (Phi) is 7.53. The van der Waals surface area contributed by atoms with E-state index in [9.17, 15) is 9.59 Å². The first-order valence-corrected chi connectivity index (χ1v) is 14.4. The number of hydrogen-bond acceptors (Lipinski definition) is 4. The van der Waals surface area contributed by atoms with Gasteiger partial charge in [-0.25, -0.2) is 0 Å². The highest BCUT2D eigenvalue weighted by Crippen LogP contribution is 2.67. The van der Waals surface area contributed by atoms with E-state index >= 15 is 0 Å². The minimum Gasteiger partial charge on any atom is -0.462 e. The number of esters is 2. The van der Waals surface area contributed by atoms with Crippen molar-refractivity contribution in [2.24, 2.45) is 40.4 Å². The third-order valence-electron chi connectivity index (χ3n) is 11.0. The SMILES string of the molecule is CC(=O)OC1CC[C@@]2(C)C(=CCC3C2CC[C@@]2(C)C3CC[C@@H]2[C@H](C)CCCC(C)(C)OC(C)=O)C1. The van der Waals surface area contributed by atoms with Gasteiger partial charge in [-0.2, -0.15) is 0 Å². The molecule has 0 N–H and O–H groups in total. The highest BCUT2D eigenvalue weighted by Gasteiger charge is 2.59. The molecular weight excluding hydrogens is 436 g/mol. The van der Waals surface area contributed by atoms with E-state index in [1.165, 1.54) is 51.9 Å². The number of allylic oxidation sites excluding steroid dienone is 1. The normalized spacial score (nSPS) is 39.5. The summed E-state index contributed by atoms with van der Waals surface area (Å²) in [5, 5.41) is 0. The Hall–Kier alpha value is -1.32. The first-order chi connectivity index (χ1) is 16.4. The van der Waals surface area contributed by atoms with Crippen LogP contribution in [0, 0.1) is 40.4 Å². The van der Waals surface area contributed by atoms with Crippen LogP contribution in [0.2, 0.25) is 0 Å². The van der Waals surface area contributed by atoms with E-state index in [0.29, 0.717) is 10.8 Å². The molecule has 0 heterocycles. The van der Waals surface area contributed by atoms with Crippen molar-refractivity contribution in [2.75, 3.05) is 0 Å². The van der Waals surface area contributed by atoms with Gasteiger partial charge in [-0.15, -0.1) is 0 Å². The van der Waals surface area contributed by atoms with Crippen LogP contribution in [0.4, 0.5) is 0 Å². The lowest BCUT2D eigenvalue weighted by molar-refractivity contribution is -0.154. The molecule has 0 aromatic rings. The molecule has 4 rings (SSSR count). The molecule has 0 saturated heterocycles. The van der Waals surface area contributed by atoms with Crippen molar-refractivity contribution in [3.8, 4) is 0 Å². The Labute approximate surface area is 214 Å². The largest absolute Gasteiger partial charge is 0.462 e. The molecule has 8 atom stereocenters. The summed E-state index contributed by atoms with van der Waals surface area (Å²) < 4.78 is 11.1. The first-order valence-electron chi connectivity index (χ1n) is 14.4. The fourth-order valence-electron chi connectivity index (χ4n) is 9.43. The summed E-state index contributed by atoms with van der Waals surface area (Å²) in [5.41, 5.74) is 1.98. The van der Waals surface area contributed by atoms with E-state index in [4.69, 9.17) is 9.47 Å². The summed E-state index contributed by atoms with van der Waals surface area (Å²) in [4.78, 5) is 22.9. The number of carbonyl (C=O) groups excluding carboxylic acids is 2.